The topological polar surface area (TPSA) is 0 Å². The number of thiophene rings is 1. The van der Waals surface area contributed by atoms with Crippen LogP contribution >= 0.6 is 43.2 Å². The van der Waals surface area contributed by atoms with E-state index >= 15 is 0 Å². The van der Waals surface area contributed by atoms with Crippen LogP contribution < -0.4 is 0 Å². The Morgan fingerprint density at radius 3 is 2.38 bits per heavy atom. The lowest BCUT2D eigenvalue weighted by Crippen LogP contribution is -2.09. The van der Waals surface area contributed by atoms with Crippen LogP contribution in [0.15, 0.2) is 15.9 Å². The number of alkyl halides is 4. The molecular formula is C7H5Br2F3S. The first kappa shape index (κ1) is 11.5. The van der Waals surface area contributed by atoms with Crippen molar-refractivity contribution >= 4 is 43.2 Å². The van der Waals surface area contributed by atoms with Crippen LogP contribution in [0.3, 0.4) is 0 Å². The third-order valence-electron chi connectivity index (χ3n) is 1.31. The van der Waals surface area contributed by atoms with Crippen LogP contribution in [0.25, 0.3) is 0 Å². The van der Waals surface area contributed by atoms with Crippen LogP contribution in [-0.2, 0) is 0 Å². The van der Waals surface area contributed by atoms with Crippen LogP contribution in [0.2, 0.25) is 0 Å². The van der Waals surface area contributed by atoms with Crippen LogP contribution in [-0.4, -0.2) is 6.18 Å². The Bertz CT molecular complexity index is 282. The third-order valence-corrected chi connectivity index (χ3v) is 4.17. The monoisotopic (exact) mass is 336 g/mol. The van der Waals surface area contributed by atoms with Gasteiger partial charge in [-0.15, -0.1) is 11.3 Å². The molecule has 0 N–H and O–H groups in total. The smallest absolute Gasteiger partial charge is 0.171 e. The van der Waals surface area contributed by atoms with Crippen molar-refractivity contribution in [1.82, 2.24) is 0 Å². The molecule has 0 spiro atoms. The fraction of sp³-hybridized carbons (Fsp3) is 0.429. The van der Waals surface area contributed by atoms with Crippen molar-refractivity contribution in [3.63, 3.8) is 0 Å². The highest BCUT2D eigenvalue weighted by Crippen LogP contribution is 2.39. The molecule has 0 nitrogen and oxygen atoms in total. The van der Waals surface area contributed by atoms with Crippen LogP contribution in [0, 0.1) is 0 Å². The number of rotatable bonds is 2. The number of hydrogen-bond donors (Lipinski definition) is 0. The second-order valence-electron chi connectivity index (χ2n) is 2.43. The van der Waals surface area contributed by atoms with E-state index in [4.69, 9.17) is 0 Å². The Morgan fingerprint density at radius 1 is 1.38 bits per heavy atom. The summed E-state index contributed by atoms with van der Waals surface area (Å²) in [6.45, 7) is 0. The predicted molar refractivity (Wildman–Crippen MR) is 54.4 cm³/mol. The first-order valence-electron chi connectivity index (χ1n) is 3.34. The molecule has 0 amide bonds. The number of hydrogen-bond acceptors (Lipinski definition) is 1. The molecule has 13 heavy (non-hydrogen) atoms. The molecule has 0 saturated heterocycles. The molecule has 0 saturated carbocycles. The molecule has 0 fully saturated rings. The minimum atomic E-state index is -4.12. The fourth-order valence-electron chi connectivity index (χ4n) is 0.800. The van der Waals surface area contributed by atoms with Gasteiger partial charge < -0.3 is 0 Å². The van der Waals surface area contributed by atoms with Crippen LogP contribution in [0.5, 0.6) is 0 Å². The highest BCUT2D eigenvalue weighted by atomic mass is 79.9. The molecule has 74 valence electrons. The van der Waals surface area contributed by atoms with Crippen molar-refractivity contribution in [1.29, 1.82) is 0 Å². The molecule has 6 heteroatoms. The van der Waals surface area contributed by atoms with E-state index in [0.29, 0.717) is 4.88 Å². The van der Waals surface area contributed by atoms with Gasteiger partial charge in [-0.05, 0) is 28.1 Å². The summed E-state index contributed by atoms with van der Waals surface area (Å²) in [4.78, 5) is 0.0491. The van der Waals surface area contributed by atoms with Crippen LogP contribution in [0.1, 0.15) is 16.1 Å². The summed E-state index contributed by atoms with van der Waals surface area (Å²) in [7, 11) is 0. The molecule has 1 aromatic heterocycles. The van der Waals surface area contributed by atoms with Gasteiger partial charge in [0.25, 0.3) is 0 Å². The zero-order chi connectivity index (χ0) is 10.1. The predicted octanol–water partition coefficient (Wildman–Crippen LogP) is 4.90. The second-order valence-corrected chi connectivity index (χ2v) is 6.03. The quantitative estimate of drug-likeness (QED) is 0.673. The van der Waals surface area contributed by atoms with Crippen molar-refractivity contribution in [2.45, 2.75) is 17.4 Å². The summed E-state index contributed by atoms with van der Waals surface area (Å²) in [5, 5.41) is 0. The molecular weight excluding hydrogens is 333 g/mol. The standard InChI is InChI=1S/C7H5Br2F3S/c8-4(3-7(10,11)12)5-1-2-6(9)13-5/h1-2,4H,3H2. The summed E-state index contributed by atoms with van der Waals surface area (Å²) in [5.41, 5.74) is 0. The Hall–Kier alpha value is 0.450. The minimum absolute atomic E-state index is 0.635. The highest BCUT2D eigenvalue weighted by Gasteiger charge is 2.31. The van der Waals surface area contributed by atoms with E-state index in [-0.39, 0.29) is 0 Å². The van der Waals surface area contributed by atoms with Crippen molar-refractivity contribution in [2.75, 3.05) is 0 Å². The average molecular weight is 338 g/mol. The minimum Gasteiger partial charge on any atom is -0.171 e. The lowest BCUT2D eigenvalue weighted by molar-refractivity contribution is -0.134. The molecule has 0 aliphatic rings. The van der Waals surface area contributed by atoms with Gasteiger partial charge in [0.05, 0.1) is 15.0 Å². The van der Waals surface area contributed by atoms with Crippen molar-refractivity contribution in [3.8, 4) is 0 Å². The molecule has 1 atom stereocenters. The van der Waals surface area contributed by atoms with Gasteiger partial charge in [-0.25, -0.2) is 0 Å². The van der Waals surface area contributed by atoms with Gasteiger partial charge in [-0.3, -0.25) is 0 Å². The zero-order valence-corrected chi connectivity index (χ0v) is 10.2. The molecule has 0 aliphatic carbocycles. The molecule has 1 aromatic rings. The zero-order valence-electron chi connectivity index (χ0n) is 6.24. The Morgan fingerprint density at radius 2 is 2.00 bits per heavy atom. The van der Waals surface area contributed by atoms with E-state index < -0.39 is 17.4 Å². The molecule has 0 radical (unpaired) electrons. The lowest BCUT2D eigenvalue weighted by Gasteiger charge is -2.10. The third kappa shape index (κ3) is 3.99. The normalized spacial score (nSPS) is 14.5. The van der Waals surface area contributed by atoms with Gasteiger partial charge in [-0.1, -0.05) is 15.9 Å². The first-order chi connectivity index (χ1) is 5.88. The van der Waals surface area contributed by atoms with Crippen molar-refractivity contribution < 1.29 is 13.2 Å². The molecule has 0 aliphatic heterocycles. The molecule has 1 heterocycles. The maximum absolute atomic E-state index is 12.0. The highest BCUT2D eigenvalue weighted by molar-refractivity contribution is 9.11. The lowest BCUT2D eigenvalue weighted by atomic mass is 10.2. The average Bonchev–Trinajstić information content (AvgIpc) is 2.31. The fourth-order valence-corrected chi connectivity index (χ4v) is 3.00. The van der Waals surface area contributed by atoms with E-state index in [2.05, 4.69) is 31.9 Å². The molecule has 1 unspecified atom stereocenters. The van der Waals surface area contributed by atoms with Gasteiger partial charge in [0.2, 0.25) is 0 Å². The largest absolute Gasteiger partial charge is 0.390 e. The summed E-state index contributed by atoms with van der Waals surface area (Å²) < 4.78 is 36.7. The Balaban J connectivity index is 2.64. The number of halogens is 5. The Kier molecular flexibility index (Phi) is 3.82. The van der Waals surface area contributed by atoms with Gasteiger partial charge in [0.1, 0.15) is 0 Å². The molecule has 0 bridgehead atoms. The maximum atomic E-state index is 12.0. The van der Waals surface area contributed by atoms with E-state index in [1.165, 1.54) is 11.3 Å². The summed E-state index contributed by atoms with van der Waals surface area (Å²) in [6, 6.07) is 3.42. The maximum Gasteiger partial charge on any atom is 0.390 e. The first-order valence-corrected chi connectivity index (χ1v) is 5.87. The van der Waals surface area contributed by atoms with Gasteiger partial charge in [0, 0.05) is 4.88 Å². The van der Waals surface area contributed by atoms with Gasteiger partial charge >= 0.3 is 6.18 Å². The second kappa shape index (κ2) is 4.31. The molecule has 1 rings (SSSR count). The van der Waals surface area contributed by atoms with Crippen LogP contribution in [0.4, 0.5) is 13.2 Å². The van der Waals surface area contributed by atoms with Crippen molar-refractivity contribution in [2.24, 2.45) is 0 Å². The van der Waals surface area contributed by atoms with Gasteiger partial charge in [0.15, 0.2) is 0 Å². The van der Waals surface area contributed by atoms with E-state index in [1.54, 1.807) is 12.1 Å². The summed E-state index contributed by atoms with van der Waals surface area (Å²) in [5.74, 6) is 0. The van der Waals surface area contributed by atoms with E-state index in [1.807, 2.05) is 0 Å². The summed E-state index contributed by atoms with van der Waals surface area (Å²) in [6.07, 6.45) is -4.95. The SMILES string of the molecule is FC(F)(F)CC(Br)c1ccc(Br)s1. The van der Waals surface area contributed by atoms with E-state index in [9.17, 15) is 13.2 Å². The van der Waals surface area contributed by atoms with Crippen molar-refractivity contribution in [3.05, 3.63) is 20.8 Å². The summed E-state index contributed by atoms with van der Waals surface area (Å²) >= 11 is 7.51. The Labute approximate surface area is 94.4 Å². The van der Waals surface area contributed by atoms with E-state index in [0.717, 1.165) is 3.79 Å². The molecule has 0 aromatic carbocycles. The van der Waals surface area contributed by atoms with Gasteiger partial charge in [-0.2, -0.15) is 13.2 Å².